The Morgan fingerprint density at radius 3 is 2.55 bits per heavy atom. The van der Waals surface area contributed by atoms with Crippen molar-refractivity contribution in [3.8, 4) is 0 Å². The molecule has 0 aliphatic heterocycles. The Bertz CT molecular complexity index is 400. The van der Waals surface area contributed by atoms with Gasteiger partial charge in [0.05, 0.1) is 0 Å². The maximum absolute atomic E-state index is 11.9. The van der Waals surface area contributed by atoms with E-state index in [1.807, 2.05) is 30.0 Å². The molecule has 0 atom stereocenters. The molecule has 0 aliphatic rings. The molecule has 0 aliphatic carbocycles. The molecule has 0 aromatic heterocycles. The standard InChI is InChI=1S/C17H27NOS/c1-3-6-14(7-4-2)13-20-16-9-5-8-15(12-16)17(19)10-11-18/h5,8-9,12,14H,3-4,6-7,10-11,13,18H2,1-2H3. The zero-order valence-electron chi connectivity index (χ0n) is 12.7. The van der Waals surface area contributed by atoms with Crippen molar-refractivity contribution in [3.05, 3.63) is 29.8 Å². The molecule has 0 fully saturated rings. The topological polar surface area (TPSA) is 43.1 Å². The monoisotopic (exact) mass is 293 g/mol. The maximum atomic E-state index is 11.9. The van der Waals surface area contributed by atoms with Crippen LogP contribution in [0, 0.1) is 5.92 Å². The van der Waals surface area contributed by atoms with E-state index >= 15 is 0 Å². The third-order valence-corrected chi connectivity index (χ3v) is 4.63. The number of rotatable bonds is 10. The molecule has 0 spiro atoms. The Kier molecular flexibility index (Phi) is 8.63. The molecule has 0 unspecified atom stereocenters. The number of ketones is 1. The van der Waals surface area contributed by atoms with Crippen molar-refractivity contribution in [2.75, 3.05) is 12.3 Å². The number of Topliss-reactive ketones (excluding diaryl/α,β-unsaturated/α-hetero) is 1. The lowest BCUT2D eigenvalue weighted by Crippen LogP contribution is -2.08. The van der Waals surface area contributed by atoms with Gasteiger partial charge in [-0.1, -0.05) is 38.8 Å². The molecule has 3 heteroatoms. The maximum Gasteiger partial charge on any atom is 0.164 e. The van der Waals surface area contributed by atoms with E-state index in [0.29, 0.717) is 13.0 Å². The van der Waals surface area contributed by atoms with Crippen LogP contribution in [0.25, 0.3) is 0 Å². The summed E-state index contributed by atoms with van der Waals surface area (Å²) < 4.78 is 0. The summed E-state index contributed by atoms with van der Waals surface area (Å²) in [5.41, 5.74) is 6.24. The molecule has 20 heavy (non-hydrogen) atoms. The Morgan fingerprint density at radius 2 is 1.95 bits per heavy atom. The van der Waals surface area contributed by atoms with E-state index in [2.05, 4.69) is 19.9 Å². The summed E-state index contributed by atoms with van der Waals surface area (Å²) in [6.07, 6.45) is 5.53. The lowest BCUT2D eigenvalue weighted by atomic mass is 10.0. The van der Waals surface area contributed by atoms with Crippen LogP contribution in [-0.4, -0.2) is 18.1 Å². The lowest BCUT2D eigenvalue weighted by Gasteiger charge is -2.14. The van der Waals surface area contributed by atoms with Gasteiger partial charge in [-0.3, -0.25) is 4.79 Å². The molecule has 2 nitrogen and oxygen atoms in total. The number of carbonyl (C=O) groups is 1. The molecule has 112 valence electrons. The Morgan fingerprint density at radius 1 is 1.25 bits per heavy atom. The predicted molar refractivity (Wildman–Crippen MR) is 88.5 cm³/mol. The fourth-order valence-electron chi connectivity index (χ4n) is 2.38. The fourth-order valence-corrected chi connectivity index (χ4v) is 3.52. The quantitative estimate of drug-likeness (QED) is 0.509. The highest BCUT2D eigenvalue weighted by Gasteiger charge is 2.09. The van der Waals surface area contributed by atoms with E-state index in [-0.39, 0.29) is 5.78 Å². The molecule has 1 aromatic rings. The first-order chi connectivity index (χ1) is 9.71. The molecule has 0 heterocycles. The first-order valence-electron chi connectivity index (χ1n) is 7.67. The summed E-state index contributed by atoms with van der Waals surface area (Å²) in [5, 5.41) is 0. The van der Waals surface area contributed by atoms with Crippen LogP contribution in [0.2, 0.25) is 0 Å². The SMILES string of the molecule is CCCC(CCC)CSc1cccc(C(=O)CCN)c1. The summed E-state index contributed by atoms with van der Waals surface area (Å²) in [7, 11) is 0. The van der Waals surface area contributed by atoms with Crippen molar-refractivity contribution < 1.29 is 4.79 Å². The van der Waals surface area contributed by atoms with E-state index in [0.717, 1.165) is 17.2 Å². The number of nitrogens with two attached hydrogens (primary N) is 1. The first kappa shape index (κ1) is 17.3. The van der Waals surface area contributed by atoms with Gasteiger partial charge in [-0.15, -0.1) is 11.8 Å². The summed E-state index contributed by atoms with van der Waals surface area (Å²) in [4.78, 5) is 13.0. The molecular formula is C17H27NOS. The number of thioether (sulfide) groups is 1. The van der Waals surface area contributed by atoms with E-state index < -0.39 is 0 Å². The number of hydrogen-bond acceptors (Lipinski definition) is 3. The summed E-state index contributed by atoms with van der Waals surface area (Å²) in [5.74, 6) is 2.09. The number of hydrogen-bond donors (Lipinski definition) is 1. The highest BCUT2D eigenvalue weighted by atomic mass is 32.2. The van der Waals surface area contributed by atoms with E-state index in [9.17, 15) is 4.79 Å². The highest BCUT2D eigenvalue weighted by Crippen LogP contribution is 2.26. The summed E-state index contributed by atoms with van der Waals surface area (Å²) in [6.45, 7) is 4.92. The van der Waals surface area contributed by atoms with Crippen molar-refractivity contribution in [2.45, 2.75) is 50.8 Å². The molecular weight excluding hydrogens is 266 g/mol. The van der Waals surface area contributed by atoms with Gasteiger partial charge in [-0.05, 0) is 37.4 Å². The Hall–Kier alpha value is -0.800. The van der Waals surface area contributed by atoms with Gasteiger partial charge < -0.3 is 5.73 Å². The molecule has 0 amide bonds. The summed E-state index contributed by atoms with van der Waals surface area (Å²) >= 11 is 1.87. The van der Waals surface area contributed by atoms with Crippen molar-refractivity contribution >= 4 is 17.5 Å². The van der Waals surface area contributed by atoms with Crippen LogP contribution in [0.3, 0.4) is 0 Å². The van der Waals surface area contributed by atoms with E-state index in [1.165, 1.54) is 30.6 Å². The molecule has 0 saturated heterocycles. The van der Waals surface area contributed by atoms with Gasteiger partial charge in [0.15, 0.2) is 5.78 Å². The second-order valence-electron chi connectivity index (χ2n) is 5.24. The van der Waals surface area contributed by atoms with Crippen molar-refractivity contribution in [2.24, 2.45) is 11.7 Å². The van der Waals surface area contributed by atoms with Crippen molar-refractivity contribution in [3.63, 3.8) is 0 Å². The van der Waals surface area contributed by atoms with Gasteiger partial charge in [-0.2, -0.15) is 0 Å². The predicted octanol–water partition coefficient (Wildman–Crippen LogP) is 4.53. The number of benzene rings is 1. The minimum Gasteiger partial charge on any atom is -0.330 e. The fraction of sp³-hybridized carbons (Fsp3) is 0.588. The minimum atomic E-state index is 0.147. The van der Waals surface area contributed by atoms with Crippen molar-refractivity contribution in [1.29, 1.82) is 0 Å². The Balaban J connectivity index is 2.58. The average Bonchev–Trinajstić information content (AvgIpc) is 2.46. The van der Waals surface area contributed by atoms with Crippen LogP contribution in [-0.2, 0) is 0 Å². The normalized spacial score (nSPS) is 11.0. The van der Waals surface area contributed by atoms with Gasteiger partial charge in [-0.25, -0.2) is 0 Å². The molecule has 1 rings (SSSR count). The van der Waals surface area contributed by atoms with Crippen LogP contribution in [0.15, 0.2) is 29.2 Å². The largest absolute Gasteiger partial charge is 0.330 e. The van der Waals surface area contributed by atoms with Crippen LogP contribution in [0.1, 0.15) is 56.3 Å². The highest BCUT2D eigenvalue weighted by molar-refractivity contribution is 7.99. The summed E-state index contributed by atoms with van der Waals surface area (Å²) in [6, 6.07) is 7.97. The third-order valence-electron chi connectivity index (χ3n) is 3.41. The minimum absolute atomic E-state index is 0.147. The molecule has 0 bridgehead atoms. The Labute approximate surface area is 127 Å². The van der Waals surface area contributed by atoms with Gasteiger partial charge >= 0.3 is 0 Å². The second kappa shape index (κ2) is 10.0. The zero-order chi connectivity index (χ0) is 14.8. The van der Waals surface area contributed by atoms with E-state index in [1.54, 1.807) is 0 Å². The van der Waals surface area contributed by atoms with Crippen LogP contribution in [0.4, 0.5) is 0 Å². The smallest absolute Gasteiger partial charge is 0.164 e. The van der Waals surface area contributed by atoms with Gasteiger partial charge in [0.2, 0.25) is 0 Å². The third kappa shape index (κ3) is 6.10. The number of carbonyl (C=O) groups excluding carboxylic acids is 1. The second-order valence-corrected chi connectivity index (χ2v) is 6.34. The van der Waals surface area contributed by atoms with Crippen molar-refractivity contribution in [1.82, 2.24) is 0 Å². The zero-order valence-corrected chi connectivity index (χ0v) is 13.5. The van der Waals surface area contributed by atoms with Gasteiger partial charge in [0, 0.05) is 22.6 Å². The van der Waals surface area contributed by atoms with Gasteiger partial charge in [0.1, 0.15) is 0 Å². The molecule has 1 aromatic carbocycles. The van der Waals surface area contributed by atoms with Gasteiger partial charge in [0.25, 0.3) is 0 Å². The first-order valence-corrected chi connectivity index (χ1v) is 8.65. The van der Waals surface area contributed by atoms with Crippen LogP contribution >= 0.6 is 11.8 Å². The lowest BCUT2D eigenvalue weighted by molar-refractivity contribution is 0.0985. The van der Waals surface area contributed by atoms with Crippen LogP contribution in [0.5, 0.6) is 0 Å². The average molecular weight is 293 g/mol. The molecule has 0 saturated carbocycles. The van der Waals surface area contributed by atoms with Crippen LogP contribution < -0.4 is 5.73 Å². The van der Waals surface area contributed by atoms with E-state index in [4.69, 9.17) is 5.73 Å². The molecule has 0 radical (unpaired) electrons. The molecule has 2 N–H and O–H groups in total.